The van der Waals surface area contributed by atoms with Crippen molar-refractivity contribution < 1.29 is 4.79 Å². The van der Waals surface area contributed by atoms with Crippen LogP contribution in [0, 0.1) is 11.8 Å². The fourth-order valence-electron chi connectivity index (χ4n) is 5.16. The van der Waals surface area contributed by atoms with Crippen molar-refractivity contribution in [3.63, 3.8) is 0 Å². The molecule has 0 spiro atoms. The zero-order valence-corrected chi connectivity index (χ0v) is 14.0. The van der Waals surface area contributed by atoms with Gasteiger partial charge in [0.25, 0.3) is 0 Å². The normalized spacial score (nSPS) is 24.5. The standard InChI is InChI=1S/C24H18O/c25-22-13-19-12-20(22)11-18(19)10-17-7-6-16-5-4-14-2-1-3-15-8-9-21(17)24(16)23(14)15/h1-10,19-20H,11-13H2/b18-10+. The zero-order valence-electron chi connectivity index (χ0n) is 14.0. The lowest BCUT2D eigenvalue weighted by Gasteiger charge is -2.15. The lowest BCUT2D eigenvalue weighted by molar-refractivity contribution is -0.121. The highest BCUT2D eigenvalue weighted by molar-refractivity contribution is 6.24. The van der Waals surface area contributed by atoms with E-state index in [0.29, 0.717) is 17.6 Å². The number of Topliss-reactive ketones (excluding diaryl/α,β-unsaturated/α-hetero) is 1. The molecule has 1 heteroatoms. The van der Waals surface area contributed by atoms with Crippen molar-refractivity contribution in [1.82, 2.24) is 0 Å². The van der Waals surface area contributed by atoms with Crippen LogP contribution in [0.1, 0.15) is 24.8 Å². The molecule has 2 fully saturated rings. The molecule has 0 amide bonds. The molecule has 4 aromatic carbocycles. The Morgan fingerprint density at radius 3 is 2.20 bits per heavy atom. The summed E-state index contributed by atoms with van der Waals surface area (Å²) in [6.45, 7) is 0. The van der Waals surface area contributed by atoms with Crippen LogP contribution in [0.25, 0.3) is 38.4 Å². The minimum absolute atomic E-state index is 0.302. The molecule has 2 atom stereocenters. The van der Waals surface area contributed by atoms with E-state index < -0.39 is 0 Å². The van der Waals surface area contributed by atoms with Crippen LogP contribution >= 0.6 is 0 Å². The molecule has 120 valence electrons. The monoisotopic (exact) mass is 322 g/mol. The Hall–Kier alpha value is -2.67. The number of hydrogen-bond donors (Lipinski definition) is 0. The van der Waals surface area contributed by atoms with Gasteiger partial charge in [0.05, 0.1) is 0 Å². The first-order chi connectivity index (χ1) is 12.3. The smallest absolute Gasteiger partial charge is 0.136 e. The van der Waals surface area contributed by atoms with Crippen LogP contribution in [-0.2, 0) is 4.79 Å². The average molecular weight is 322 g/mol. The summed E-state index contributed by atoms with van der Waals surface area (Å²) in [6, 6.07) is 20.0. The first kappa shape index (κ1) is 13.6. The SMILES string of the molecule is O=C1CC2CC1C/C2=C\c1ccc2ccc3cccc4ccc1c2c34. The van der Waals surface area contributed by atoms with E-state index in [4.69, 9.17) is 0 Å². The Morgan fingerprint density at radius 1 is 0.760 bits per heavy atom. The van der Waals surface area contributed by atoms with E-state index in [-0.39, 0.29) is 0 Å². The first-order valence-electron chi connectivity index (χ1n) is 9.17. The third-order valence-corrected chi connectivity index (χ3v) is 6.38. The second kappa shape index (κ2) is 4.70. The fraction of sp³-hybridized carbons (Fsp3) is 0.208. The Labute approximate surface area is 146 Å². The Bertz CT molecular complexity index is 1180. The maximum Gasteiger partial charge on any atom is 0.136 e. The summed E-state index contributed by atoms with van der Waals surface area (Å²) in [5.41, 5.74) is 2.79. The van der Waals surface area contributed by atoms with Gasteiger partial charge in [-0.25, -0.2) is 0 Å². The van der Waals surface area contributed by atoms with Crippen LogP contribution in [-0.4, -0.2) is 5.78 Å². The summed E-state index contributed by atoms with van der Waals surface area (Å²) < 4.78 is 0. The topological polar surface area (TPSA) is 17.1 Å². The van der Waals surface area contributed by atoms with Crippen LogP contribution in [0.3, 0.4) is 0 Å². The number of rotatable bonds is 1. The summed E-state index contributed by atoms with van der Waals surface area (Å²) in [6.07, 6.45) is 5.20. The second-order valence-electron chi connectivity index (χ2n) is 7.73. The van der Waals surface area contributed by atoms with Gasteiger partial charge >= 0.3 is 0 Å². The number of carbonyl (C=O) groups excluding carboxylic acids is 1. The van der Waals surface area contributed by atoms with Crippen molar-refractivity contribution in [3.8, 4) is 0 Å². The number of allylic oxidation sites excluding steroid dienone is 1. The predicted octanol–water partition coefficient (Wildman–Crippen LogP) is 5.97. The van der Waals surface area contributed by atoms with Gasteiger partial charge in [-0.1, -0.05) is 66.2 Å². The van der Waals surface area contributed by atoms with E-state index in [1.807, 2.05) is 0 Å². The molecular weight excluding hydrogens is 304 g/mol. The van der Waals surface area contributed by atoms with Gasteiger partial charge in [0.2, 0.25) is 0 Å². The first-order valence-corrected chi connectivity index (χ1v) is 9.17. The minimum atomic E-state index is 0.302. The lowest BCUT2D eigenvalue weighted by atomic mass is 9.89. The van der Waals surface area contributed by atoms with Gasteiger partial charge in [-0.15, -0.1) is 0 Å². The molecule has 2 aliphatic carbocycles. The second-order valence-corrected chi connectivity index (χ2v) is 7.73. The molecule has 4 aromatic rings. The van der Waals surface area contributed by atoms with Crippen molar-refractivity contribution in [3.05, 3.63) is 65.7 Å². The Morgan fingerprint density at radius 2 is 1.48 bits per heavy atom. The molecule has 0 saturated heterocycles. The van der Waals surface area contributed by atoms with E-state index in [1.54, 1.807) is 0 Å². The van der Waals surface area contributed by atoms with E-state index in [0.717, 1.165) is 19.3 Å². The van der Waals surface area contributed by atoms with Crippen molar-refractivity contribution in [2.45, 2.75) is 19.3 Å². The Balaban J connectivity index is 1.62. The van der Waals surface area contributed by atoms with E-state index in [9.17, 15) is 4.79 Å². The van der Waals surface area contributed by atoms with Crippen molar-refractivity contribution in [1.29, 1.82) is 0 Å². The van der Waals surface area contributed by atoms with Gasteiger partial charge in [-0.2, -0.15) is 0 Å². The molecular formula is C24H18O. The molecule has 2 saturated carbocycles. The predicted molar refractivity (Wildman–Crippen MR) is 104 cm³/mol. The molecule has 1 nitrogen and oxygen atoms in total. The number of carbonyl (C=O) groups is 1. The van der Waals surface area contributed by atoms with Gasteiger partial charge in [-0.3, -0.25) is 4.79 Å². The lowest BCUT2D eigenvalue weighted by Crippen LogP contribution is -2.10. The summed E-state index contributed by atoms with van der Waals surface area (Å²) in [5, 5.41) is 8.02. The minimum Gasteiger partial charge on any atom is -0.299 e. The third kappa shape index (κ3) is 1.81. The van der Waals surface area contributed by atoms with Crippen molar-refractivity contribution in [2.24, 2.45) is 11.8 Å². The Kier molecular flexibility index (Phi) is 2.55. The summed E-state index contributed by atoms with van der Waals surface area (Å²) in [7, 11) is 0. The molecule has 0 heterocycles. The van der Waals surface area contributed by atoms with E-state index in [2.05, 4.69) is 60.7 Å². The van der Waals surface area contributed by atoms with Crippen LogP contribution in [0.2, 0.25) is 0 Å². The van der Waals surface area contributed by atoms with Gasteiger partial charge in [0.15, 0.2) is 0 Å². The molecule has 0 radical (unpaired) electrons. The highest BCUT2D eigenvalue weighted by Gasteiger charge is 2.41. The highest BCUT2D eigenvalue weighted by atomic mass is 16.1. The molecule has 0 N–H and O–H groups in total. The van der Waals surface area contributed by atoms with Crippen LogP contribution in [0.5, 0.6) is 0 Å². The number of benzene rings is 4. The van der Waals surface area contributed by atoms with Crippen molar-refractivity contribution in [2.75, 3.05) is 0 Å². The largest absolute Gasteiger partial charge is 0.299 e. The maximum absolute atomic E-state index is 11.8. The molecule has 25 heavy (non-hydrogen) atoms. The maximum atomic E-state index is 11.8. The summed E-state index contributed by atoms with van der Waals surface area (Å²) in [5.74, 6) is 1.28. The number of ketones is 1. The molecule has 2 bridgehead atoms. The molecule has 2 aliphatic rings. The highest BCUT2D eigenvalue weighted by Crippen LogP contribution is 2.47. The number of hydrogen-bond acceptors (Lipinski definition) is 1. The van der Waals surface area contributed by atoms with Gasteiger partial charge < -0.3 is 0 Å². The summed E-state index contributed by atoms with van der Waals surface area (Å²) >= 11 is 0. The molecule has 2 unspecified atom stereocenters. The van der Waals surface area contributed by atoms with Gasteiger partial charge in [0.1, 0.15) is 5.78 Å². The average Bonchev–Trinajstić information content (AvgIpc) is 3.20. The summed E-state index contributed by atoms with van der Waals surface area (Å²) in [4.78, 5) is 11.8. The molecule has 6 rings (SSSR count). The van der Waals surface area contributed by atoms with E-state index >= 15 is 0 Å². The van der Waals surface area contributed by atoms with Gasteiger partial charge in [0, 0.05) is 12.3 Å². The van der Waals surface area contributed by atoms with Crippen molar-refractivity contribution >= 4 is 44.2 Å². The molecule has 0 aliphatic heterocycles. The van der Waals surface area contributed by atoms with Crippen LogP contribution < -0.4 is 0 Å². The van der Waals surface area contributed by atoms with E-state index in [1.165, 1.54) is 43.5 Å². The number of fused-ring (bicyclic) bond motifs is 2. The zero-order chi connectivity index (χ0) is 16.5. The van der Waals surface area contributed by atoms with Crippen LogP contribution in [0.4, 0.5) is 0 Å². The fourth-order valence-corrected chi connectivity index (χ4v) is 5.16. The molecule has 0 aromatic heterocycles. The quantitative estimate of drug-likeness (QED) is 0.395. The third-order valence-electron chi connectivity index (χ3n) is 6.38. The van der Waals surface area contributed by atoms with Gasteiger partial charge in [-0.05, 0) is 56.6 Å². The van der Waals surface area contributed by atoms with Crippen LogP contribution in [0.15, 0.2) is 60.2 Å².